The first-order chi connectivity index (χ1) is 9.86. The van der Waals surface area contributed by atoms with Gasteiger partial charge in [0.05, 0.1) is 0 Å². The smallest absolute Gasteiger partial charge is 0.137 e. The van der Waals surface area contributed by atoms with Crippen molar-refractivity contribution in [2.75, 3.05) is 18.5 Å². The Hall–Kier alpha value is -1.87. The number of rotatable bonds is 3. The van der Waals surface area contributed by atoms with E-state index >= 15 is 0 Å². The average molecular weight is 267 g/mol. The predicted octanol–water partition coefficient (Wildman–Crippen LogP) is 3.66. The minimum Gasteiger partial charge on any atom is -0.329 e. The number of hydrogen-bond acceptors (Lipinski definition) is 3. The van der Waals surface area contributed by atoms with Crippen molar-refractivity contribution in [1.82, 2.24) is 10.3 Å². The maximum atomic E-state index is 4.62. The lowest BCUT2D eigenvalue weighted by molar-refractivity contribution is 0.412. The molecule has 1 aliphatic rings. The molecule has 1 fully saturated rings. The van der Waals surface area contributed by atoms with Crippen molar-refractivity contribution in [2.24, 2.45) is 0 Å². The van der Waals surface area contributed by atoms with E-state index in [1.165, 1.54) is 30.5 Å². The molecule has 0 bridgehead atoms. The van der Waals surface area contributed by atoms with Crippen LogP contribution in [0.4, 0.5) is 11.5 Å². The Kier molecular flexibility index (Phi) is 3.97. The lowest BCUT2D eigenvalue weighted by Gasteiger charge is -2.28. The Morgan fingerprint density at radius 2 is 1.95 bits per heavy atom. The lowest BCUT2D eigenvalue weighted by atomic mass is 9.97. The summed E-state index contributed by atoms with van der Waals surface area (Å²) in [7, 11) is 2.09. The van der Waals surface area contributed by atoms with Crippen molar-refractivity contribution < 1.29 is 0 Å². The number of benzene rings is 1. The van der Waals surface area contributed by atoms with Gasteiger partial charge in [0.2, 0.25) is 0 Å². The molecule has 3 heteroatoms. The summed E-state index contributed by atoms with van der Waals surface area (Å²) in [6, 6.07) is 15.1. The van der Waals surface area contributed by atoms with E-state index < -0.39 is 0 Å². The fourth-order valence-electron chi connectivity index (χ4n) is 2.85. The van der Waals surface area contributed by atoms with Crippen LogP contribution in [0.5, 0.6) is 0 Å². The lowest BCUT2D eigenvalue weighted by Crippen LogP contribution is -2.28. The maximum absolute atomic E-state index is 4.62. The minimum absolute atomic E-state index is 0.429. The molecule has 0 saturated carbocycles. The molecule has 104 valence electrons. The van der Waals surface area contributed by atoms with Crippen molar-refractivity contribution >= 4 is 11.5 Å². The fourth-order valence-corrected chi connectivity index (χ4v) is 2.85. The van der Waals surface area contributed by atoms with Crippen molar-refractivity contribution in [3.05, 3.63) is 54.2 Å². The summed E-state index contributed by atoms with van der Waals surface area (Å²) in [5, 5.41) is 3.62. The summed E-state index contributed by atoms with van der Waals surface area (Å²) in [4.78, 5) is 6.79. The van der Waals surface area contributed by atoms with E-state index in [-0.39, 0.29) is 0 Å². The molecule has 1 N–H and O–H groups in total. The van der Waals surface area contributed by atoms with Crippen molar-refractivity contribution in [1.29, 1.82) is 0 Å². The number of hydrogen-bond donors (Lipinski definition) is 1. The summed E-state index contributed by atoms with van der Waals surface area (Å²) >= 11 is 0. The van der Waals surface area contributed by atoms with Crippen molar-refractivity contribution in [2.45, 2.75) is 25.3 Å². The number of anilines is 2. The second-order valence-electron chi connectivity index (χ2n) is 5.31. The zero-order valence-electron chi connectivity index (χ0n) is 11.9. The van der Waals surface area contributed by atoms with Gasteiger partial charge in [-0.05, 0) is 37.6 Å². The van der Waals surface area contributed by atoms with Gasteiger partial charge in [0.15, 0.2) is 0 Å². The number of pyridine rings is 1. The van der Waals surface area contributed by atoms with E-state index in [0.717, 1.165) is 12.4 Å². The van der Waals surface area contributed by atoms with E-state index in [1.54, 1.807) is 0 Å². The standard InChI is InChI=1S/C17H21N3/c1-20(14-8-3-2-4-9-14)17-15(10-7-13-19-17)16-11-5-6-12-18-16/h2-4,7-10,13,16,18H,5-6,11-12H2,1H3. The molecule has 3 nitrogen and oxygen atoms in total. The van der Waals surface area contributed by atoms with Crippen LogP contribution in [0.3, 0.4) is 0 Å². The second-order valence-corrected chi connectivity index (χ2v) is 5.31. The Labute approximate surface area is 120 Å². The summed E-state index contributed by atoms with van der Waals surface area (Å²) in [5.41, 5.74) is 2.47. The summed E-state index contributed by atoms with van der Waals surface area (Å²) in [5.74, 6) is 1.05. The van der Waals surface area contributed by atoms with Gasteiger partial charge >= 0.3 is 0 Å². The first-order valence-electron chi connectivity index (χ1n) is 7.33. The molecule has 0 radical (unpaired) electrons. The third-order valence-electron chi connectivity index (χ3n) is 3.96. The average Bonchev–Trinajstić information content (AvgIpc) is 2.56. The molecular formula is C17H21N3. The molecule has 1 atom stereocenters. The van der Waals surface area contributed by atoms with Gasteiger partial charge in [0.1, 0.15) is 5.82 Å². The second kappa shape index (κ2) is 6.06. The zero-order valence-corrected chi connectivity index (χ0v) is 11.9. The first kappa shape index (κ1) is 13.1. The normalized spacial score (nSPS) is 18.8. The first-order valence-corrected chi connectivity index (χ1v) is 7.33. The number of piperidine rings is 1. The topological polar surface area (TPSA) is 28.2 Å². The fraction of sp³-hybridized carbons (Fsp3) is 0.353. The highest BCUT2D eigenvalue weighted by Gasteiger charge is 2.20. The minimum atomic E-state index is 0.429. The maximum Gasteiger partial charge on any atom is 0.137 e. The van der Waals surface area contributed by atoms with Gasteiger partial charge in [-0.25, -0.2) is 4.98 Å². The molecule has 2 aromatic rings. The van der Waals surface area contributed by atoms with Gasteiger partial charge in [0.25, 0.3) is 0 Å². The quantitative estimate of drug-likeness (QED) is 0.919. The summed E-state index contributed by atoms with van der Waals surface area (Å²) < 4.78 is 0. The van der Waals surface area contributed by atoms with E-state index in [1.807, 2.05) is 18.3 Å². The molecule has 3 rings (SSSR count). The van der Waals surface area contributed by atoms with E-state index in [9.17, 15) is 0 Å². The Bertz CT molecular complexity index is 547. The van der Waals surface area contributed by atoms with Crippen molar-refractivity contribution in [3.63, 3.8) is 0 Å². The van der Waals surface area contributed by atoms with Gasteiger partial charge < -0.3 is 10.2 Å². The molecule has 2 heterocycles. The van der Waals surface area contributed by atoms with Crippen molar-refractivity contribution in [3.8, 4) is 0 Å². The molecule has 20 heavy (non-hydrogen) atoms. The Morgan fingerprint density at radius 1 is 1.10 bits per heavy atom. The van der Waals surface area contributed by atoms with Crippen LogP contribution in [0.1, 0.15) is 30.9 Å². The predicted molar refractivity (Wildman–Crippen MR) is 83.3 cm³/mol. The molecule has 1 aromatic carbocycles. The molecular weight excluding hydrogens is 246 g/mol. The van der Waals surface area contributed by atoms with Gasteiger partial charge in [-0.2, -0.15) is 0 Å². The SMILES string of the molecule is CN(c1ccccc1)c1ncccc1C1CCCCN1. The number of nitrogens with one attached hydrogen (secondary N) is 1. The van der Waals surface area contributed by atoms with Gasteiger partial charge in [-0.3, -0.25) is 0 Å². The number of nitrogens with zero attached hydrogens (tertiary/aromatic N) is 2. The van der Waals surface area contributed by atoms with Crippen LogP contribution in [0.2, 0.25) is 0 Å². The Morgan fingerprint density at radius 3 is 2.70 bits per heavy atom. The molecule has 1 unspecified atom stereocenters. The molecule has 0 spiro atoms. The van der Waals surface area contributed by atoms with E-state index in [0.29, 0.717) is 6.04 Å². The van der Waals surface area contributed by atoms with Gasteiger partial charge in [-0.15, -0.1) is 0 Å². The zero-order chi connectivity index (χ0) is 13.8. The summed E-state index contributed by atoms with van der Waals surface area (Å²) in [6.45, 7) is 1.11. The highest BCUT2D eigenvalue weighted by atomic mass is 15.2. The van der Waals surface area contributed by atoms with E-state index in [4.69, 9.17) is 0 Å². The highest BCUT2D eigenvalue weighted by molar-refractivity contribution is 5.62. The Balaban J connectivity index is 1.93. The molecule has 1 aliphatic heterocycles. The van der Waals surface area contributed by atoms with Gasteiger partial charge in [0, 0.05) is 30.5 Å². The molecule has 1 aromatic heterocycles. The van der Waals surface area contributed by atoms with Crippen LogP contribution in [0, 0.1) is 0 Å². The molecule has 1 saturated heterocycles. The highest BCUT2D eigenvalue weighted by Crippen LogP contribution is 2.32. The van der Waals surface area contributed by atoms with Crippen LogP contribution in [0.25, 0.3) is 0 Å². The largest absolute Gasteiger partial charge is 0.329 e. The monoisotopic (exact) mass is 267 g/mol. The number of aromatic nitrogens is 1. The van der Waals surface area contributed by atoms with Crippen LogP contribution in [0.15, 0.2) is 48.7 Å². The van der Waals surface area contributed by atoms with Gasteiger partial charge in [-0.1, -0.05) is 30.7 Å². The van der Waals surface area contributed by atoms with Crippen LogP contribution >= 0.6 is 0 Å². The van der Waals surface area contributed by atoms with E-state index in [2.05, 4.69) is 52.6 Å². The van der Waals surface area contributed by atoms with Crippen LogP contribution in [-0.2, 0) is 0 Å². The van der Waals surface area contributed by atoms with Crippen LogP contribution < -0.4 is 10.2 Å². The van der Waals surface area contributed by atoms with Crippen LogP contribution in [-0.4, -0.2) is 18.6 Å². The molecule has 0 amide bonds. The molecule has 0 aliphatic carbocycles. The third-order valence-corrected chi connectivity index (χ3v) is 3.96. The number of para-hydroxylation sites is 1. The third kappa shape index (κ3) is 2.68. The summed E-state index contributed by atoms with van der Waals surface area (Å²) in [6.07, 6.45) is 5.64.